The van der Waals surface area contributed by atoms with Crippen molar-refractivity contribution in [2.24, 2.45) is 0 Å². The monoisotopic (exact) mass is 338 g/mol. The number of phenols is 2. The zero-order valence-electron chi connectivity index (χ0n) is 14.6. The Hall–Kier alpha value is -3.01. The van der Waals surface area contributed by atoms with Crippen LogP contribution < -0.4 is 4.74 Å². The van der Waals surface area contributed by atoms with Gasteiger partial charge in [-0.1, -0.05) is 11.6 Å². The molecule has 0 fully saturated rings. The highest BCUT2D eigenvalue weighted by Gasteiger charge is 2.07. The summed E-state index contributed by atoms with van der Waals surface area (Å²) in [5, 5.41) is 19.9. The van der Waals surface area contributed by atoms with Gasteiger partial charge in [0.25, 0.3) is 0 Å². The van der Waals surface area contributed by atoms with Gasteiger partial charge in [0.05, 0.1) is 7.11 Å². The molecule has 2 aromatic rings. The Bertz CT molecular complexity index is 811. The van der Waals surface area contributed by atoms with E-state index >= 15 is 0 Å². The van der Waals surface area contributed by atoms with E-state index in [0.717, 1.165) is 5.57 Å². The number of carbonyl (C=O) groups excluding carboxylic acids is 1. The van der Waals surface area contributed by atoms with Crippen LogP contribution in [-0.4, -0.2) is 23.1 Å². The highest BCUT2D eigenvalue weighted by Crippen LogP contribution is 2.29. The van der Waals surface area contributed by atoms with Gasteiger partial charge < -0.3 is 14.9 Å². The average molecular weight is 338 g/mol. The molecule has 0 aliphatic rings. The first kappa shape index (κ1) is 18.3. The summed E-state index contributed by atoms with van der Waals surface area (Å²) in [6, 6.07) is 9.78. The Labute approximate surface area is 147 Å². The predicted octanol–water partition coefficient (Wildman–Crippen LogP) is 4.51. The summed E-state index contributed by atoms with van der Waals surface area (Å²) in [5.74, 6) is 0.465. The van der Waals surface area contributed by atoms with E-state index in [1.54, 1.807) is 43.5 Å². The molecule has 0 aliphatic heterocycles. The molecule has 25 heavy (non-hydrogen) atoms. The molecule has 0 amide bonds. The molecule has 0 unspecified atom stereocenters. The number of allylic oxidation sites excluding steroid dienone is 3. The third-order valence-corrected chi connectivity index (χ3v) is 3.75. The molecule has 2 aromatic carbocycles. The van der Waals surface area contributed by atoms with Gasteiger partial charge in [0.15, 0.2) is 5.78 Å². The number of benzene rings is 2. The Balaban J connectivity index is 2.22. The van der Waals surface area contributed by atoms with Gasteiger partial charge in [-0.3, -0.25) is 4.79 Å². The molecular weight excluding hydrogens is 316 g/mol. The Morgan fingerprint density at radius 1 is 1.08 bits per heavy atom. The van der Waals surface area contributed by atoms with E-state index in [4.69, 9.17) is 4.74 Å². The highest BCUT2D eigenvalue weighted by atomic mass is 16.5. The maximum atomic E-state index is 12.2. The molecular formula is C21H22O4. The molecule has 0 bridgehead atoms. The van der Waals surface area contributed by atoms with Gasteiger partial charge in [-0.2, -0.15) is 0 Å². The van der Waals surface area contributed by atoms with Crippen molar-refractivity contribution in [2.75, 3.05) is 7.11 Å². The molecule has 0 radical (unpaired) electrons. The van der Waals surface area contributed by atoms with Gasteiger partial charge in [0.1, 0.15) is 17.2 Å². The van der Waals surface area contributed by atoms with E-state index in [1.807, 2.05) is 19.9 Å². The Morgan fingerprint density at radius 3 is 2.36 bits per heavy atom. The fourth-order valence-electron chi connectivity index (χ4n) is 2.27. The number of phenolic OH excluding ortho intramolecular Hbond substituents is 2. The smallest absolute Gasteiger partial charge is 0.185 e. The van der Waals surface area contributed by atoms with E-state index < -0.39 is 0 Å². The van der Waals surface area contributed by atoms with Gasteiger partial charge in [0.2, 0.25) is 0 Å². The largest absolute Gasteiger partial charge is 0.508 e. The minimum absolute atomic E-state index is 0.0358. The van der Waals surface area contributed by atoms with Gasteiger partial charge in [-0.05, 0) is 68.3 Å². The lowest BCUT2D eigenvalue weighted by Crippen LogP contribution is -1.94. The first-order chi connectivity index (χ1) is 11.9. The molecule has 4 nitrogen and oxygen atoms in total. The second-order valence-electron chi connectivity index (χ2n) is 5.95. The van der Waals surface area contributed by atoms with Crippen molar-refractivity contribution >= 4 is 11.9 Å². The Kier molecular flexibility index (Phi) is 6.01. The van der Waals surface area contributed by atoms with Gasteiger partial charge in [-0.25, -0.2) is 0 Å². The lowest BCUT2D eigenvalue weighted by molar-refractivity contribution is 0.104. The quantitative estimate of drug-likeness (QED) is 0.462. The van der Waals surface area contributed by atoms with Gasteiger partial charge in [-0.15, -0.1) is 0 Å². The van der Waals surface area contributed by atoms with Gasteiger partial charge >= 0.3 is 0 Å². The van der Waals surface area contributed by atoms with Crippen molar-refractivity contribution in [3.05, 3.63) is 70.8 Å². The van der Waals surface area contributed by atoms with Crippen molar-refractivity contribution in [1.82, 2.24) is 0 Å². The second kappa shape index (κ2) is 8.20. The second-order valence-corrected chi connectivity index (χ2v) is 5.95. The molecule has 0 aliphatic carbocycles. The minimum atomic E-state index is -0.180. The van der Waals surface area contributed by atoms with E-state index in [-0.39, 0.29) is 17.3 Å². The predicted molar refractivity (Wildman–Crippen MR) is 99.3 cm³/mol. The minimum Gasteiger partial charge on any atom is -0.508 e. The highest BCUT2D eigenvalue weighted by molar-refractivity contribution is 6.07. The zero-order chi connectivity index (χ0) is 18.4. The first-order valence-electron chi connectivity index (χ1n) is 7.95. The Morgan fingerprint density at radius 2 is 1.76 bits per heavy atom. The average Bonchev–Trinajstić information content (AvgIpc) is 2.59. The van der Waals surface area contributed by atoms with E-state index in [0.29, 0.717) is 28.9 Å². The summed E-state index contributed by atoms with van der Waals surface area (Å²) in [6.07, 6.45) is 5.50. The molecule has 0 saturated carbocycles. The standard InChI is InChI=1S/C21H22O4/c1-14(2)4-5-16-12-17(21(24)13-20(16)23)8-11-19(22)15-6-9-18(25-3)10-7-15/h4,6-13,23-24H,5H2,1-3H3/b11-8+. The van der Waals surface area contributed by atoms with Crippen LogP contribution in [0.5, 0.6) is 17.2 Å². The zero-order valence-corrected chi connectivity index (χ0v) is 14.6. The summed E-state index contributed by atoms with van der Waals surface area (Å²) in [4.78, 5) is 12.2. The van der Waals surface area contributed by atoms with Crippen molar-refractivity contribution < 1.29 is 19.7 Å². The van der Waals surface area contributed by atoms with Crippen molar-refractivity contribution in [3.63, 3.8) is 0 Å². The number of rotatable bonds is 6. The van der Waals surface area contributed by atoms with Crippen LogP contribution in [0.25, 0.3) is 6.08 Å². The molecule has 130 valence electrons. The molecule has 2 N–H and O–H groups in total. The van der Waals surface area contributed by atoms with Crippen LogP contribution in [0.2, 0.25) is 0 Å². The topological polar surface area (TPSA) is 66.8 Å². The summed E-state index contributed by atoms with van der Waals surface area (Å²) in [5.41, 5.74) is 2.84. The number of methoxy groups -OCH3 is 1. The number of carbonyl (C=O) groups is 1. The van der Waals surface area contributed by atoms with Crippen molar-refractivity contribution in [2.45, 2.75) is 20.3 Å². The SMILES string of the molecule is COc1ccc(C(=O)/C=C/c2cc(CC=C(C)C)c(O)cc2O)cc1. The number of aromatic hydroxyl groups is 2. The molecule has 0 aromatic heterocycles. The van der Waals surface area contributed by atoms with E-state index in [2.05, 4.69) is 0 Å². The fraction of sp³-hybridized carbons (Fsp3) is 0.190. The van der Waals surface area contributed by atoms with Crippen LogP contribution in [-0.2, 0) is 6.42 Å². The number of hydrogen-bond acceptors (Lipinski definition) is 4. The lowest BCUT2D eigenvalue weighted by atomic mass is 10.0. The lowest BCUT2D eigenvalue weighted by Gasteiger charge is -2.06. The molecule has 0 atom stereocenters. The molecule has 0 saturated heterocycles. The van der Waals surface area contributed by atoms with Crippen molar-refractivity contribution in [3.8, 4) is 17.2 Å². The van der Waals surface area contributed by atoms with Crippen LogP contribution in [0.15, 0.2) is 54.1 Å². The van der Waals surface area contributed by atoms with E-state index in [1.165, 1.54) is 12.1 Å². The number of ether oxygens (including phenoxy) is 1. The van der Waals surface area contributed by atoms with Crippen LogP contribution in [0.1, 0.15) is 35.3 Å². The third-order valence-electron chi connectivity index (χ3n) is 3.75. The summed E-state index contributed by atoms with van der Waals surface area (Å²) >= 11 is 0. The maximum absolute atomic E-state index is 12.2. The van der Waals surface area contributed by atoms with Crippen LogP contribution in [0, 0.1) is 0 Å². The van der Waals surface area contributed by atoms with E-state index in [9.17, 15) is 15.0 Å². The van der Waals surface area contributed by atoms with Crippen LogP contribution >= 0.6 is 0 Å². The molecule has 0 spiro atoms. The molecule has 4 heteroatoms. The van der Waals surface area contributed by atoms with Crippen LogP contribution in [0.3, 0.4) is 0 Å². The third kappa shape index (κ3) is 4.98. The summed E-state index contributed by atoms with van der Waals surface area (Å²) < 4.78 is 5.07. The first-order valence-corrected chi connectivity index (χ1v) is 7.95. The maximum Gasteiger partial charge on any atom is 0.185 e. The van der Waals surface area contributed by atoms with Crippen LogP contribution in [0.4, 0.5) is 0 Å². The molecule has 2 rings (SSSR count). The number of hydrogen-bond donors (Lipinski definition) is 2. The van der Waals surface area contributed by atoms with Crippen molar-refractivity contribution in [1.29, 1.82) is 0 Å². The normalized spacial score (nSPS) is 10.7. The van der Waals surface area contributed by atoms with Gasteiger partial charge in [0, 0.05) is 17.2 Å². The molecule has 0 heterocycles. The number of ketones is 1. The summed E-state index contributed by atoms with van der Waals surface area (Å²) in [6.45, 7) is 3.96. The summed E-state index contributed by atoms with van der Waals surface area (Å²) in [7, 11) is 1.57. The fourth-order valence-corrected chi connectivity index (χ4v) is 2.27.